The first-order chi connectivity index (χ1) is 17.0. The van der Waals surface area contributed by atoms with Gasteiger partial charge in [0.15, 0.2) is 0 Å². The largest absolute Gasteiger partial charge is 0.573 e. The second-order valence-electron chi connectivity index (χ2n) is 7.85. The minimum Gasteiger partial charge on any atom is -0.406 e. The van der Waals surface area contributed by atoms with Crippen molar-refractivity contribution >= 4 is 5.91 Å². The first kappa shape index (κ1) is 27.0. The molecule has 0 aliphatic rings. The molecule has 192 valence electrons. The maximum atomic E-state index is 13.0. The third-order valence-corrected chi connectivity index (χ3v) is 5.40. The number of nitrogens with zero attached hydrogens (tertiary/aromatic N) is 1. The Morgan fingerprint density at radius 1 is 0.917 bits per heavy atom. The summed E-state index contributed by atoms with van der Waals surface area (Å²) in [6.45, 7) is 0.211. The molecule has 3 aromatic rings. The number of carbonyl (C=O) groups excluding carboxylic acids is 1. The molecular formula is C25H23F6N3O2. The van der Waals surface area contributed by atoms with Crippen LogP contribution in [-0.4, -0.2) is 30.8 Å². The molecule has 1 amide bonds. The smallest absolute Gasteiger partial charge is 0.406 e. The molecule has 0 bridgehead atoms. The summed E-state index contributed by atoms with van der Waals surface area (Å²) in [4.78, 5) is 15.9. The van der Waals surface area contributed by atoms with Gasteiger partial charge in [-0.15, -0.1) is 13.2 Å². The molecule has 0 aliphatic heterocycles. The van der Waals surface area contributed by atoms with Gasteiger partial charge in [-0.3, -0.25) is 9.78 Å². The Morgan fingerprint density at radius 2 is 1.61 bits per heavy atom. The predicted molar refractivity (Wildman–Crippen MR) is 120 cm³/mol. The van der Waals surface area contributed by atoms with E-state index in [-0.39, 0.29) is 18.9 Å². The van der Waals surface area contributed by atoms with Crippen molar-refractivity contribution in [1.82, 2.24) is 15.6 Å². The summed E-state index contributed by atoms with van der Waals surface area (Å²) in [7, 11) is 1.49. The maximum absolute atomic E-state index is 13.0. The number of ether oxygens (including phenoxy) is 1. The molecule has 2 N–H and O–H groups in total. The lowest BCUT2D eigenvalue weighted by molar-refractivity contribution is -0.274. The molecular weight excluding hydrogens is 488 g/mol. The number of hydrogen-bond donors (Lipinski definition) is 2. The molecule has 2 aromatic carbocycles. The quantitative estimate of drug-likeness (QED) is 0.368. The number of nitrogens with one attached hydrogen (secondary N) is 2. The SMILES string of the molecule is CNC(=O)[C@H](NCC[C@@H](c1ccc(C(F)(F)F)nc1)c1cccc(OC(F)(F)F)c1)c1ccccc1. The Labute approximate surface area is 203 Å². The Balaban J connectivity index is 1.88. The molecule has 3 rings (SSSR count). The van der Waals surface area contributed by atoms with Crippen LogP contribution in [0.5, 0.6) is 5.75 Å². The highest BCUT2D eigenvalue weighted by molar-refractivity contribution is 5.82. The highest BCUT2D eigenvalue weighted by atomic mass is 19.4. The molecule has 2 atom stereocenters. The van der Waals surface area contributed by atoms with Gasteiger partial charge in [0.1, 0.15) is 17.5 Å². The molecule has 11 heteroatoms. The molecule has 0 saturated carbocycles. The number of carbonyl (C=O) groups is 1. The zero-order valence-electron chi connectivity index (χ0n) is 19.0. The van der Waals surface area contributed by atoms with Gasteiger partial charge in [0.05, 0.1) is 0 Å². The first-order valence-corrected chi connectivity index (χ1v) is 10.9. The van der Waals surface area contributed by atoms with Gasteiger partial charge < -0.3 is 15.4 Å². The fourth-order valence-electron chi connectivity index (χ4n) is 3.76. The van der Waals surface area contributed by atoms with Crippen molar-refractivity contribution in [3.05, 3.63) is 95.3 Å². The second kappa shape index (κ2) is 11.4. The average molecular weight is 511 g/mol. The predicted octanol–water partition coefficient (Wildman–Crippen LogP) is 5.60. The van der Waals surface area contributed by atoms with Crippen LogP contribution < -0.4 is 15.4 Å². The van der Waals surface area contributed by atoms with Crippen LogP contribution in [0.3, 0.4) is 0 Å². The first-order valence-electron chi connectivity index (χ1n) is 10.9. The monoisotopic (exact) mass is 511 g/mol. The number of pyridine rings is 1. The number of rotatable bonds is 9. The van der Waals surface area contributed by atoms with Crippen molar-refractivity contribution < 1.29 is 35.9 Å². The number of alkyl halides is 6. The van der Waals surface area contributed by atoms with Crippen molar-refractivity contribution in [3.8, 4) is 5.75 Å². The van der Waals surface area contributed by atoms with Crippen LogP contribution in [0.2, 0.25) is 0 Å². The summed E-state index contributed by atoms with van der Waals surface area (Å²) in [5, 5.41) is 5.70. The van der Waals surface area contributed by atoms with Gasteiger partial charge in [0.25, 0.3) is 0 Å². The van der Waals surface area contributed by atoms with E-state index in [1.165, 1.54) is 25.2 Å². The summed E-state index contributed by atoms with van der Waals surface area (Å²) in [5.74, 6) is -1.38. The highest BCUT2D eigenvalue weighted by Crippen LogP contribution is 2.34. The summed E-state index contributed by atoms with van der Waals surface area (Å²) in [6, 6.07) is 15.5. The highest BCUT2D eigenvalue weighted by Gasteiger charge is 2.33. The Morgan fingerprint density at radius 3 is 2.19 bits per heavy atom. The Bertz CT molecular complexity index is 1140. The number of halogens is 6. The van der Waals surface area contributed by atoms with Crippen LogP contribution in [0.15, 0.2) is 72.9 Å². The normalized spacial score (nSPS) is 13.6. The summed E-state index contributed by atoms with van der Waals surface area (Å²) < 4.78 is 81.1. The zero-order chi connectivity index (χ0) is 26.3. The Hall–Kier alpha value is -3.60. The minimum absolute atomic E-state index is 0.211. The lowest BCUT2D eigenvalue weighted by Gasteiger charge is -2.22. The van der Waals surface area contributed by atoms with E-state index >= 15 is 0 Å². The van der Waals surface area contributed by atoms with Gasteiger partial charge in [-0.1, -0.05) is 48.5 Å². The Kier molecular flexibility index (Phi) is 8.57. The molecule has 0 saturated heterocycles. The number of aromatic nitrogens is 1. The molecule has 5 nitrogen and oxygen atoms in total. The molecule has 1 aromatic heterocycles. The lowest BCUT2D eigenvalue weighted by atomic mass is 9.89. The summed E-state index contributed by atoms with van der Waals surface area (Å²) in [6.07, 6.45) is -8.24. The van der Waals surface area contributed by atoms with E-state index in [2.05, 4.69) is 20.4 Å². The molecule has 0 aliphatic carbocycles. The van der Waals surface area contributed by atoms with Crippen LogP contribution in [0, 0.1) is 0 Å². The fourth-order valence-corrected chi connectivity index (χ4v) is 3.76. The van der Waals surface area contributed by atoms with Crippen LogP contribution in [0.25, 0.3) is 0 Å². The standard InChI is InChI=1S/C25H23F6N3O2/c1-32-23(35)22(16-6-3-2-4-7-16)33-13-12-20(18-10-11-21(34-15-18)24(26,27)28)17-8-5-9-19(14-17)36-25(29,30)31/h2-11,14-15,20,22,33H,12-13H2,1H3,(H,32,35)/t20-,22-/m1/s1. The molecule has 0 spiro atoms. The zero-order valence-corrected chi connectivity index (χ0v) is 19.0. The van der Waals surface area contributed by atoms with Crippen LogP contribution in [0.4, 0.5) is 26.3 Å². The number of likely N-dealkylation sites (N-methyl/N-ethyl adjacent to an activating group) is 1. The molecule has 0 fully saturated rings. The number of amides is 1. The molecule has 36 heavy (non-hydrogen) atoms. The molecule has 1 heterocycles. The van der Waals surface area contributed by atoms with Crippen molar-refractivity contribution in [3.63, 3.8) is 0 Å². The third kappa shape index (κ3) is 7.45. The third-order valence-electron chi connectivity index (χ3n) is 5.40. The van der Waals surface area contributed by atoms with E-state index in [4.69, 9.17) is 0 Å². The minimum atomic E-state index is -4.90. The van der Waals surface area contributed by atoms with Gasteiger partial charge in [0, 0.05) is 19.2 Å². The maximum Gasteiger partial charge on any atom is 0.573 e. The van der Waals surface area contributed by atoms with Gasteiger partial charge in [0.2, 0.25) is 5.91 Å². The number of hydrogen-bond acceptors (Lipinski definition) is 4. The molecule has 0 radical (unpaired) electrons. The topological polar surface area (TPSA) is 63.2 Å². The number of benzene rings is 2. The average Bonchev–Trinajstić information content (AvgIpc) is 2.83. The van der Waals surface area contributed by atoms with Crippen molar-refractivity contribution in [1.29, 1.82) is 0 Å². The summed E-state index contributed by atoms with van der Waals surface area (Å²) in [5.41, 5.74) is 0.368. The van der Waals surface area contributed by atoms with E-state index in [0.29, 0.717) is 16.7 Å². The van der Waals surface area contributed by atoms with Crippen LogP contribution in [0.1, 0.15) is 40.8 Å². The van der Waals surface area contributed by atoms with Gasteiger partial charge in [-0.05, 0) is 47.9 Å². The fraction of sp³-hybridized carbons (Fsp3) is 0.280. The lowest BCUT2D eigenvalue weighted by Crippen LogP contribution is -2.36. The van der Waals surface area contributed by atoms with E-state index in [9.17, 15) is 31.1 Å². The second-order valence-corrected chi connectivity index (χ2v) is 7.85. The van der Waals surface area contributed by atoms with Crippen molar-refractivity contribution in [2.45, 2.75) is 30.9 Å². The van der Waals surface area contributed by atoms with E-state index in [1.54, 1.807) is 36.4 Å². The van der Waals surface area contributed by atoms with Gasteiger partial charge >= 0.3 is 12.5 Å². The van der Waals surface area contributed by atoms with E-state index < -0.39 is 35.9 Å². The van der Waals surface area contributed by atoms with E-state index in [1.807, 2.05) is 0 Å². The van der Waals surface area contributed by atoms with Crippen LogP contribution in [-0.2, 0) is 11.0 Å². The van der Waals surface area contributed by atoms with E-state index in [0.717, 1.165) is 18.3 Å². The van der Waals surface area contributed by atoms with Gasteiger partial charge in [-0.2, -0.15) is 13.2 Å². The van der Waals surface area contributed by atoms with Crippen molar-refractivity contribution in [2.24, 2.45) is 0 Å². The van der Waals surface area contributed by atoms with Gasteiger partial charge in [-0.25, -0.2) is 0 Å². The summed E-state index contributed by atoms with van der Waals surface area (Å²) >= 11 is 0. The van der Waals surface area contributed by atoms with Crippen LogP contribution >= 0.6 is 0 Å². The van der Waals surface area contributed by atoms with Crippen molar-refractivity contribution in [2.75, 3.05) is 13.6 Å². The molecule has 0 unspecified atom stereocenters.